The van der Waals surface area contributed by atoms with E-state index in [4.69, 9.17) is 5.73 Å². The van der Waals surface area contributed by atoms with Crippen molar-refractivity contribution in [2.45, 2.75) is 19.5 Å². The number of hydrogen-bond donors (Lipinski definition) is 1. The first-order valence-electron chi connectivity index (χ1n) is 6.72. The van der Waals surface area contributed by atoms with Gasteiger partial charge in [-0.1, -0.05) is 30.3 Å². The molecule has 0 saturated carbocycles. The van der Waals surface area contributed by atoms with E-state index in [0.717, 1.165) is 38.4 Å². The highest BCUT2D eigenvalue weighted by molar-refractivity contribution is 5.14. The topological polar surface area (TPSA) is 47.1 Å². The van der Waals surface area contributed by atoms with Crippen LogP contribution in [0.2, 0.25) is 0 Å². The highest BCUT2D eigenvalue weighted by atomic mass is 15.2. The van der Waals surface area contributed by atoms with Crippen LogP contribution in [0.5, 0.6) is 0 Å². The molecule has 1 aromatic heterocycles. The van der Waals surface area contributed by atoms with Crippen molar-refractivity contribution < 1.29 is 0 Å². The lowest BCUT2D eigenvalue weighted by molar-refractivity contribution is 0.246. The van der Waals surface area contributed by atoms with Crippen LogP contribution in [0.25, 0.3) is 0 Å². The number of benzene rings is 1. The number of nitrogens with zero attached hydrogens (tertiary/aromatic N) is 3. The summed E-state index contributed by atoms with van der Waals surface area (Å²) in [4.78, 5) is 6.79. The highest BCUT2D eigenvalue weighted by Gasteiger charge is 2.09. The van der Waals surface area contributed by atoms with Gasteiger partial charge in [-0.3, -0.25) is 4.90 Å². The van der Waals surface area contributed by atoms with E-state index in [1.165, 1.54) is 5.56 Å². The summed E-state index contributed by atoms with van der Waals surface area (Å²) < 4.78 is 2.07. The first-order valence-corrected chi connectivity index (χ1v) is 6.72. The summed E-state index contributed by atoms with van der Waals surface area (Å²) in [5, 5.41) is 0. The zero-order chi connectivity index (χ0) is 13.5. The summed E-state index contributed by atoms with van der Waals surface area (Å²) in [6.07, 6.45) is 4.84. The van der Waals surface area contributed by atoms with E-state index in [9.17, 15) is 0 Å². The second kappa shape index (κ2) is 7.07. The molecule has 0 amide bonds. The molecule has 0 fully saturated rings. The number of hydrogen-bond acceptors (Lipinski definition) is 3. The van der Waals surface area contributed by atoms with Crippen LogP contribution < -0.4 is 5.73 Å². The monoisotopic (exact) mass is 258 g/mol. The summed E-state index contributed by atoms with van der Waals surface area (Å²) in [7, 11) is 2.03. The Morgan fingerprint density at radius 3 is 2.63 bits per heavy atom. The maximum Gasteiger partial charge on any atom is 0.122 e. The van der Waals surface area contributed by atoms with E-state index in [0.29, 0.717) is 0 Å². The van der Waals surface area contributed by atoms with Gasteiger partial charge in [0, 0.05) is 32.5 Å². The Morgan fingerprint density at radius 1 is 1.21 bits per heavy atom. The third-order valence-electron chi connectivity index (χ3n) is 3.21. The van der Waals surface area contributed by atoms with Crippen molar-refractivity contribution >= 4 is 0 Å². The fourth-order valence-electron chi connectivity index (χ4n) is 2.12. The van der Waals surface area contributed by atoms with Crippen LogP contribution in [0.1, 0.15) is 17.8 Å². The van der Waals surface area contributed by atoms with Gasteiger partial charge in [-0.15, -0.1) is 0 Å². The Labute approximate surface area is 114 Å². The van der Waals surface area contributed by atoms with Gasteiger partial charge in [0.1, 0.15) is 5.82 Å². The van der Waals surface area contributed by atoms with Crippen molar-refractivity contribution in [3.8, 4) is 0 Å². The Morgan fingerprint density at radius 2 is 2.00 bits per heavy atom. The maximum absolute atomic E-state index is 5.63. The van der Waals surface area contributed by atoms with Crippen LogP contribution in [-0.2, 0) is 20.1 Å². The van der Waals surface area contributed by atoms with Crippen molar-refractivity contribution in [3.63, 3.8) is 0 Å². The van der Waals surface area contributed by atoms with Gasteiger partial charge in [-0.05, 0) is 18.5 Å². The smallest absolute Gasteiger partial charge is 0.122 e. The molecule has 102 valence electrons. The lowest BCUT2D eigenvalue weighted by Gasteiger charge is -2.21. The summed E-state index contributed by atoms with van der Waals surface area (Å²) in [5.41, 5.74) is 6.95. The number of imidazole rings is 1. The first kappa shape index (κ1) is 13.8. The van der Waals surface area contributed by atoms with Crippen LogP contribution in [-0.4, -0.2) is 27.5 Å². The second-order valence-corrected chi connectivity index (χ2v) is 4.79. The SMILES string of the molecule is Cn1ccnc1CN(CCCN)Cc1ccccc1. The standard InChI is InChI=1S/C15H22N4/c1-18-11-9-17-15(18)13-19(10-5-8-16)12-14-6-3-2-4-7-14/h2-4,6-7,9,11H,5,8,10,12-13,16H2,1H3. The average Bonchev–Trinajstić information content (AvgIpc) is 2.83. The Hall–Kier alpha value is -1.65. The van der Waals surface area contributed by atoms with Gasteiger partial charge in [0.2, 0.25) is 0 Å². The molecule has 2 N–H and O–H groups in total. The van der Waals surface area contributed by atoms with Gasteiger partial charge in [0.05, 0.1) is 6.54 Å². The Bertz CT molecular complexity index is 478. The van der Waals surface area contributed by atoms with Crippen LogP contribution in [0.3, 0.4) is 0 Å². The average molecular weight is 258 g/mol. The van der Waals surface area contributed by atoms with E-state index >= 15 is 0 Å². The Balaban J connectivity index is 2.01. The van der Waals surface area contributed by atoms with Crippen LogP contribution in [0, 0.1) is 0 Å². The molecule has 1 aromatic carbocycles. The molecule has 0 aliphatic heterocycles. The predicted molar refractivity (Wildman–Crippen MR) is 77.4 cm³/mol. The molecule has 4 heteroatoms. The first-order chi connectivity index (χ1) is 9.29. The molecule has 4 nitrogen and oxygen atoms in total. The second-order valence-electron chi connectivity index (χ2n) is 4.79. The van der Waals surface area contributed by atoms with Gasteiger partial charge in [0.15, 0.2) is 0 Å². The van der Waals surface area contributed by atoms with E-state index in [1.807, 2.05) is 25.5 Å². The maximum atomic E-state index is 5.63. The van der Waals surface area contributed by atoms with Gasteiger partial charge >= 0.3 is 0 Å². The molecule has 0 bridgehead atoms. The van der Waals surface area contributed by atoms with Crippen molar-refractivity contribution in [3.05, 3.63) is 54.1 Å². The minimum Gasteiger partial charge on any atom is -0.337 e. The van der Waals surface area contributed by atoms with Crippen molar-refractivity contribution in [1.82, 2.24) is 14.5 Å². The minimum atomic E-state index is 0.728. The molecule has 2 aromatic rings. The zero-order valence-electron chi connectivity index (χ0n) is 11.5. The molecule has 0 atom stereocenters. The van der Waals surface area contributed by atoms with Crippen molar-refractivity contribution in [2.24, 2.45) is 12.8 Å². The molecular weight excluding hydrogens is 236 g/mol. The van der Waals surface area contributed by atoms with E-state index < -0.39 is 0 Å². The van der Waals surface area contributed by atoms with E-state index in [1.54, 1.807) is 0 Å². The Kier molecular flexibility index (Phi) is 5.12. The summed E-state index contributed by atoms with van der Waals surface area (Å²) in [6, 6.07) is 10.5. The highest BCUT2D eigenvalue weighted by Crippen LogP contribution is 2.09. The van der Waals surface area contributed by atoms with Crippen LogP contribution >= 0.6 is 0 Å². The molecule has 0 aliphatic rings. The summed E-state index contributed by atoms with van der Waals surface area (Å²) in [5.74, 6) is 1.09. The lowest BCUT2D eigenvalue weighted by atomic mass is 10.2. The minimum absolute atomic E-state index is 0.728. The molecular formula is C15H22N4. The summed E-state index contributed by atoms with van der Waals surface area (Å²) in [6.45, 7) is 3.52. The third-order valence-corrected chi connectivity index (χ3v) is 3.21. The normalized spacial score (nSPS) is 11.1. The largest absolute Gasteiger partial charge is 0.337 e. The van der Waals surface area contributed by atoms with Crippen molar-refractivity contribution in [2.75, 3.05) is 13.1 Å². The molecule has 0 aliphatic carbocycles. The van der Waals surface area contributed by atoms with Crippen LogP contribution in [0.15, 0.2) is 42.7 Å². The molecule has 2 rings (SSSR count). The predicted octanol–water partition coefficient (Wildman–Crippen LogP) is 1.77. The van der Waals surface area contributed by atoms with Crippen LogP contribution in [0.4, 0.5) is 0 Å². The quantitative estimate of drug-likeness (QED) is 0.823. The van der Waals surface area contributed by atoms with Gasteiger partial charge in [-0.2, -0.15) is 0 Å². The number of aryl methyl sites for hydroxylation is 1. The van der Waals surface area contributed by atoms with E-state index in [2.05, 4.69) is 38.7 Å². The molecule has 0 radical (unpaired) electrons. The number of rotatable bonds is 7. The molecule has 1 heterocycles. The molecule has 0 unspecified atom stereocenters. The molecule has 0 spiro atoms. The third kappa shape index (κ3) is 4.19. The van der Waals surface area contributed by atoms with Crippen molar-refractivity contribution in [1.29, 1.82) is 0 Å². The fraction of sp³-hybridized carbons (Fsp3) is 0.400. The lowest BCUT2D eigenvalue weighted by Crippen LogP contribution is -2.27. The number of nitrogens with two attached hydrogens (primary N) is 1. The summed E-state index contributed by atoms with van der Waals surface area (Å²) >= 11 is 0. The zero-order valence-corrected chi connectivity index (χ0v) is 11.5. The molecule has 19 heavy (non-hydrogen) atoms. The van der Waals surface area contributed by atoms with Gasteiger partial charge < -0.3 is 10.3 Å². The van der Waals surface area contributed by atoms with Gasteiger partial charge in [0.25, 0.3) is 0 Å². The fourth-order valence-corrected chi connectivity index (χ4v) is 2.12. The molecule has 0 saturated heterocycles. The van der Waals surface area contributed by atoms with Gasteiger partial charge in [-0.25, -0.2) is 4.98 Å². The number of aromatic nitrogens is 2. The van der Waals surface area contributed by atoms with E-state index in [-0.39, 0.29) is 0 Å².